The number of nitrogens with zero attached hydrogens (tertiary/aromatic N) is 2. The van der Waals surface area contributed by atoms with Gasteiger partial charge in [-0.2, -0.15) is 0 Å². The minimum absolute atomic E-state index is 0.742. The molecule has 1 N–H and O–H groups in total. The Morgan fingerprint density at radius 1 is 1.10 bits per heavy atom. The fourth-order valence-corrected chi connectivity index (χ4v) is 4.44. The fourth-order valence-electron chi connectivity index (χ4n) is 4.44. The van der Waals surface area contributed by atoms with Crippen LogP contribution in [0.3, 0.4) is 0 Å². The van der Waals surface area contributed by atoms with Gasteiger partial charge in [-0.3, -0.25) is 0 Å². The predicted octanol–water partition coefficient (Wildman–Crippen LogP) is 2.67. The van der Waals surface area contributed by atoms with Gasteiger partial charge in [-0.1, -0.05) is 13.8 Å². The molecule has 3 atom stereocenters. The van der Waals surface area contributed by atoms with E-state index in [9.17, 15) is 0 Å². The number of hydrogen-bond acceptors (Lipinski definition) is 3. The third-order valence-corrected chi connectivity index (χ3v) is 6.12. The Balaban J connectivity index is 1.84. The summed E-state index contributed by atoms with van der Waals surface area (Å²) in [5, 5.41) is 3.60. The molecule has 0 bridgehead atoms. The molecule has 1 saturated carbocycles. The van der Waals surface area contributed by atoms with Gasteiger partial charge in [0.15, 0.2) is 0 Å². The number of hydrogen-bond donors (Lipinski definition) is 1. The SMILES string of the molecule is CNC1CCC(C(C)C)CC1CN1CCC(N(C)C)CC1. The monoisotopic (exact) mass is 295 g/mol. The summed E-state index contributed by atoms with van der Waals surface area (Å²) in [7, 11) is 6.61. The van der Waals surface area contributed by atoms with Crippen molar-refractivity contribution in [1.29, 1.82) is 0 Å². The molecule has 3 unspecified atom stereocenters. The van der Waals surface area contributed by atoms with Gasteiger partial charge in [0.05, 0.1) is 0 Å². The highest BCUT2D eigenvalue weighted by Crippen LogP contribution is 2.34. The van der Waals surface area contributed by atoms with Gasteiger partial charge in [-0.05, 0) is 84.1 Å². The highest BCUT2D eigenvalue weighted by atomic mass is 15.2. The molecule has 0 amide bonds. The van der Waals surface area contributed by atoms with Crippen molar-refractivity contribution in [3.05, 3.63) is 0 Å². The quantitative estimate of drug-likeness (QED) is 0.841. The number of likely N-dealkylation sites (tertiary alicyclic amines) is 1. The smallest absolute Gasteiger partial charge is 0.0113 e. The van der Waals surface area contributed by atoms with Crippen LogP contribution < -0.4 is 5.32 Å². The molecule has 0 aromatic carbocycles. The van der Waals surface area contributed by atoms with E-state index in [0.717, 1.165) is 29.8 Å². The number of piperidine rings is 1. The van der Waals surface area contributed by atoms with E-state index in [1.165, 1.54) is 51.7 Å². The summed E-state index contributed by atoms with van der Waals surface area (Å²) in [5.41, 5.74) is 0. The molecule has 21 heavy (non-hydrogen) atoms. The zero-order chi connectivity index (χ0) is 15.4. The van der Waals surface area contributed by atoms with Gasteiger partial charge in [0.2, 0.25) is 0 Å². The van der Waals surface area contributed by atoms with Crippen LogP contribution in [0.4, 0.5) is 0 Å². The minimum atomic E-state index is 0.742. The minimum Gasteiger partial charge on any atom is -0.317 e. The molecule has 3 nitrogen and oxygen atoms in total. The highest BCUT2D eigenvalue weighted by molar-refractivity contribution is 4.88. The highest BCUT2D eigenvalue weighted by Gasteiger charge is 2.33. The van der Waals surface area contributed by atoms with Crippen molar-refractivity contribution in [3.63, 3.8) is 0 Å². The van der Waals surface area contributed by atoms with Crippen molar-refractivity contribution in [2.45, 2.75) is 58.0 Å². The third-order valence-electron chi connectivity index (χ3n) is 6.12. The molecule has 2 aliphatic rings. The summed E-state index contributed by atoms with van der Waals surface area (Å²) >= 11 is 0. The van der Waals surface area contributed by atoms with Crippen molar-refractivity contribution < 1.29 is 0 Å². The lowest BCUT2D eigenvalue weighted by Gasteiger charge is -2.42. The molecule has 1 aliphatic heterocycles. The molecule has 124 valence electrons. The summed E-state index contributed by atoms with van der Waals surface area (Å²) in [6.45, 7) is 8.72. The molecular weight excluding hydrogens is 258 g/mol. The molecule has 1 aliphatic carbocycles. The van der Waals surface area contributed by atoms with Crippen LogP contribution in [0.25, 0.3) is 0 Å². The first-order valence-electron chi connectivity index (χ1n) is 9.07. The standard InChI is InChI=1S/C18H37N3/c1-14(2)15-6-7-18(19-3)16(12-15)13-21-10-8-17(9-11-21)20(4)5/h14-19H,6-13H2,1-5H3. The maximum absolute atomic E-state index is 3.60. The molecule has 2 fully saturated rings. The Morgan fingerprint density at radius 3 is 2.29 bits per heavy atom. The second-order valence-corrected chi connectivity index (χ2v) is 7.97. The van der Waals surface area contributed by atoms with Gasteiger partial charge >= 0.3 is 0 Å². The number of rotatable bonds is 5. The zero-order valence-electron chi connectivity index (χ0n) is 14.9. The molecular formula is C18H37N3. The van der Waals surface area contributed by atoms with Crippen LogP contribution in [0.5, 0.6) is 0 Å². The summed E-state index contributed by atoms with van der Waals surface area (Å²) in [6, 6.07) is 1.54. The van der Waals surface area contributed by atoms with Crippen LogP contribution in [0.15, 0.2) is 0 Å². The van der Waals surface area contributed by atoms with Gasteiger partial charge in [0.1, 0.15) is 0 Å². The maximum atomic E-state index is 3.60. The fraction of sp³-hybridized carbons (Fsp3) is 1.00. The Bertz CT molecular complexity index is 295. The van der Waals surface area contributed by atoms with Gasteiger partial charge in [0, 0.05) is 18.6 Å². The van der Waals surface area contributed by atoms with Crippen molar-refractivity contribution in [1.82, 2.24) is 15.1 Å². The van der Waals surface area contributed by atoms with E-state index in [0.29, 0.717) is 0 Å². The molecule has 1 saturated heterocycles. The average molecular weight is 296 g/mol. The first-order chi connectivity index (χ1) is 10.0. The molecule has 0 spiro atoms. The molecule has 2 rings (SSSR count). The van der Waals surface area contributed by atoms with Gasteiger partial charge in [-0.25, -0.2) is 0 Å². The van der Waals surface area contributed by atoms with E-state index in [2.05, 4.69) is 50.1 Å². The van der Waals surface area contributed by atoms with Crippen LogP contribution in [-0.2, 0) is 0 Å². The maximum Gasteiger partial charge on any atom is 0.0113 e. The Hall–Kier alpha value is -0.120. The Morgan fingerprint density at radius 2 is 1.76 bits per heavy atom. The lowest BCUT2D eigenvalue weighted by Crippen LogP contribution is -2.48. The van der Waals surface area contributed by atoms with Crippen LogP contribution in [0, 0.1) is 17.8 Å². The normalized spacial score (nSPS) is 33.0. The van der Waals surface area contributed by atoms with Crippen LogP contribution >= 0.6 is 0 Å². The topological polar surface area (TPSA) is 18.5 Å². The summed E-state index contributed by atoms with van der Waals surface area (Å²) in [4.78, 5) is 5.14. The van der Waals surface area contributed by atoms with Gasteiger partial charge in [-0.15, -0.1) is 0 Å². The Labute approximate surface area is 132 Å². The molecule has 0 radical (unpaired) electrons. The summed E-state index contributed by atoms with van der Waals surface area (Å²) < 4.78 is 0. The van der Waals surface area contributed by atoms with Crippen LogP contribution in [-0.4, -0.2) is 62.7 Å². The summed E-state index contributed by atoms with van der Waals surface area (Å²) in [5.74, 6) is 2.65. The van der Waals surface area contributed by atoms with Crippen molar-refractivity contribution in [2.24, 2.45) is 17.8 Å². The summed E-state index contributed by atoms with van der Waals surface area (Å²) in [6.07, 6.45) is 6.91. The van der Waals surface area contributed by atoms with E-state index in [4.69, 9.17) is 0 Å². The molecule has 3 heteroatoms. The van der Waals surface area contributed by atoms with Crippen LogP contribution in [0.1, 0.15) is 46.0 Å². The molecule has 0 aromatic rings. The van der Waals surface area contributed by atoms with Gasteiger partial charge in [0.25, 0.3) is 0 Å². The van der Waals surface area contributed by atoms with E-state index in [1.807, 2.05) is 0 Å². The van der Waals surface area contributed by atoms with E-state index in [-0.39, 0.29) is 0 Å². The second kappa shape index (κ2) is 7.94. The van der Waals surface area contributed by atoms with Crippen LogP contribution in [0.2, 0.25) is 0 Å². The lowest BCUT2D eigenvalue weighted by molar-refractivity contribution is 0.0909. The Kier molecular flexibility index (Phi) is 6.51. The molecule has 1 heterocycles. The average Bonchev–Trinajstić information content (AvgIpc) is 2.47. The largest absolute Gasteiger partial charge is 0.317 e. The van der Waals surface area contributed by atoms with Crippen molar-refractivity contribution in [3.8, 4) is 0 Å². The van der Waals surface area contributed by atoms with Gasteiger partial charge < -0.3 is 15.1 Å². The third kappa shape index (κ3) is 4.67. The van der Waals surface area contributed by atoms with E-state index < -0.39 is 0 Å². The first kappa shape index (κ1) is 17.2. The van der Waals surface area contributed by atoms with Crippen molar-refractivity contribution >= 4 is 0 Å². The van der Waals surface area contributed by atoms with E-state index in [1.54, 1.807) is 0 Å². The zero-order valence-corrected chi connectivity index (χ0v) is 14.9. The molecule has 0 aromatic heterocycles. The van der Waals surface area contributed by atoms with E-state index >= 15 is 0 Å². The number of nitrogens with one attached hydrogen (secondary N) is 1. The lowest BCUT2D eigenvalue weighted by atomic mass is 9.73. The first-order valence-corrected chi connectivity index (χ1v) is 9.07. The van der Waals surface area contributed by atoms with Crippen molar-refractivity contribution in [2.75, 3.05) is 40.8 Å². The second-order valence-electron chi connectivity index (χ2n) is 7.97. The predicted molar refractivity (Wildman–Crippen MR) is 91.7 cm³/mol.